The lowest BCUT2D eigenvalue weighted by Gasteiger charge is -2.44. The van der Waals surface area contributed by atoms with E-state index in [1.807, 2.05) is 69.8 Å². The van der Waals surface area contributed by atoms with Gasteiger partial charge in [0.25, 0.3) is 0 Å². The number of likely N-dealkylation sites (tertiary alicyclic amines) is 1. The number of fused-ring (bicyclic) bond motifs is 2. The molecular weight excluding hydrogens is 634 g/mol. The van der Waals surface area contributed by atoms with Gasteiger partial charge in [-0.25, -0.2) is 9.78 Å². The molecule has 0 radical (unpaired) electrons. The van der Waals surface area contributed by atoms with Gasteiger partial charge >= 0.3 is 5.97 Å². The lowest BCUT2D eigenvalue weighted by atomic mass is 9.90. The van der Waals surface area contributed by atoms with Crippen molar-refractivity contribution in [1.29, 1.82) is 0 Å². The Labute approximate surface area is 283 Å². The van der Waals surface area contributed by atoms with Crippen LogP contribution < -0.4 is 0 Å². The number of rotatable bonds is 7. The van der Waals surface area contributed by atoms with E-state index in [0.717, 1.165) is 93.1 Å². The summed E-state index contributed by atoms with van der Waals surface area (Å²) in [7, 11) is 2.00. The summed E-state index contributed by atoms with van der Waals surface area (Å²) in [6, 6.07) is 16.4. The molecule has 7 rings (SSSR count). The molecule has 11 heteroatoms. The van der Waals surface area contributed by atoms with Crippen LogP contribution in [0.15, 0.2) is 48.5 Å². The van der Waals surface area contributed by atoms with E-state index in [0.29, 0.717) is 22.5 Å². The SMILES string of the molecule is Cc1cc2nc(-c3ccc4c(c3)c(C3CCN(C5CN(O)C5)CC3)nn4C)sc2c(-c2ccc(Cl)cc2)c1[C@H](OC(C)(C)C)C(=O)O. The number of carboxylic acids is 1. The molecule has 4 heterocycles. The molecule has 0 bridgehead atoms. The van der Waals surface area contributed by atoms with E-state index < -0.39 is 17.7 Å². The monoisotopic (exact) mass is 673 g/mol. The fourth-order valence-corrected chi connectivity index (χ4v) is 8.34. The van der Waals surface area contributed by atoms with Gasteiger partial charge < -0.3 is 15.1 Å². The van der Waals surface area contributed by atoms with Crippen LogP contribution >= 0.6 is 22.9 Å². The van der Waals surface area contributed by atoms with E-state index in [9.17, 15) is 15.1 Å². The number of nitrogens with zero attached hydrogens (tertiary/aromatic N) is 5. The Morgan fingerprint density at radius 1 is 1.06 bits per heavy atom. The summed E-state index contributed by atoms with van der Waals surface area (Å²) in [4.78, 5) is 20.3. The minimum atomic E-state index is -1.16. The van der Waals surface area contributed by atoms with Crippen LogP contribution in [-0.2, 0) is 16.6 Å². The maximum Gasteiger partial charge on any atom is 0.337 e. The van der Waals surface area contributed by atoms with Crippen LogP contribution in [-0.4, -0.2) is 78.8 Å². The minimum Gasteiger partial charge on any atom is -0.479 e. The molecule has 2 aliphatic heterocycles. The summed E-state index contributed by atoms with van der Waals surface area (Å²) in [6.45, 7) is 11.0. The first-order valence-corrected chi connectivity index (χ1v) is 17.3. The molecule has 0 spiro atoms. The molecule has 0 unspecified atom stereocenters. The number of piperidine rings is 1. The molecule has 2 saturated heterocycles. The first-order valence-electron chi connectivity index (χ1n) is 16.1. The molecule has 246 valence electrons. The quantitative estimate of drug-likeness (QED) is 0.181. The molecule has 0 amide bonds. The Kier molecular flexibility index (Phi) is 8.39. The molecule has 0 aliphatic carbocycles. The Bertz CT molecular complexity index is 1970. The van der Waals surface area contributed by atoms with Crippen molar-refractivity contribution in [3.05, 3.63) is 70.4 Å². The zero-order valence-corrected chi connectivity index (χ0v) is 28.9. The van der Waals surface area contributed by atoms with Crippen LogP contribution in [0.25, 0.3) is 42.8 Å². The third-order valence-electron chi connectivity index (χ3n) is 9.42. The number of hydrogen-bond donors (Lipinski definition) is 2. The van der Waals surface area contributed by atoms with Gasteiger partial charge in [0.2, 0.25) is 0 Å². The zero-order valence-electron chi connectivity index (χ0n) is 27.3. The van der Waals surface area contributed by atoms with Gasteiger partial charge in [0, 0.05) is 59.2 Å². The zero-order chi connectivity index (χ0) is 33.2. The predicted molar refractivity (Wildman–Crippen MR) is 186 cm³/mol. The Morgan fingerprint density at radius 3 is 2.38 bits per heavy atom. The first kappa shape index (κ1) is 32.2. The Balaban J connectivity index is 1.31. The number of aryl methyl sites for hydroxylation is 2. The fraction of sp³-hybridized carbons (Fsp3) is 0.417. The van der Waals surface area contributed by atoms with Crippen LogP contribution in [0.4, 0.5) is 0 Å². The second-order valence-electron chi connectivity index (χ2n) is 13.9. The number of halogens is 1. The number of carboxylic acid groups (broad SMARTS) is 1. The molecule has 2 aromatic heterocycles. The smallest absolute Gasteiger partial charge is 0.337 e. The molecule has 2 aliphatic rings. The third kappa shape index (κ3) is 6.19. The van der Waals surface area contributed by atoms with Crippen molar-refractivity contribution in [2.45, 2.75) is 64.2 Å². The van der Waals surface area contributed by atoms with Crippen LogP contribution in [0.1, 0.15) is 62.5 Å². The molecule has 3 aromatic carbocycles. The number of hydrogen-bond acceptors (Lipinski definition) is 8. The van der Waals surface area contributed by atoms with E-state index in [2.05, 4.69) is 23.1 Å². The number of aliphatic carboxylic acids is 1. The molecule has 5 aromatic rings. The number of benzene rings is 3. The van der Waals surface area contributed by atoms with Gasteiger partial charge in [-0.2, -0.15) is 10.2 Å². The van der Waals surface area contributed by atoms with Gasteiger partial charge in [-0.15, -0.1) is 11.3 Å². The topological polar surface area (TPSA) is 104 Å². The number of carbonyl (C=O) groups is 1. The van der Waals surface area contributed by atoms with Crippen molar-refractivity contribution in [2.75, 3.05) is 26.2 Å². The van der Waals surface area contributed by atoms with Crippen molar-refractivity contribution in [1.82, 2.24) is 24.7 Å². The second kappa shape index (κ2) is 12.3. The van der Waals surface area contributed by atoms with Crippen molar-refractivity contribution < 1.29 is 19.8 Å². The number of hydroxylamine groups is 2. The van der Waals surface area contributed by atoms with E-state index in [1.54, 1.807) is 11.3 Å². The number of thiazole rings is 1. The highest BCUT2D eigenvalue weighted by Gasteiger charge is 2.35. The van der Waals surface area contributed by atoms with Crippen molar-refractivity contribution in [2.24, 2.45) is 7.05 Å². The predicted octanol–water partition coefficient (Wildman–Crippen LogP) is 7.67. The van der Waals surface area contributed by atoms with Gasteiger partial charge in [-0.05, 0) is 101 Å². The molecule has 9 nitrogen and oxygen atoms in total. The average Bonchev–Trinajstić information content (AvgIpc) is 3.58. The number of aromatic nitrogens is 3. The van der Waals surface area contributed by atoms with Gasteiger partial charge in [0.15, 0.2) is 6.10 Å². The highest BCUT2D eigenvalue weighted by Crippen LogP contribution is 2.45. The average molecular weight is 674 g/mol. The fourth-order valence-electron chi connectivity index (χ4n) is 7.09. The van der Waals surface area contributed by atoms with Crippen LogP contribution in [0.5, 0.6) is 0 Å². The number of ether oxygens (including phenoxy) is 1. The summed E-state index contributed by atoms with van der Waals surface area (Å²) in [5.74, 6) is -0.672. The molecule has 0 saturated carbocycles. The first-order chi connectivity index (χ1) is 22.4. The lowest BCUT2D eigenvalue weighted by molar-refractivity contribution is -0.177. The van der Waals surface area contributed by atoms with Crippen molar-refractivity contribution >= 4 is 50.0 Å². The molecular formula is C36H40ClN5O4S. The largest absolute Gasteiger partial charge is 0.479 e. The maximum atomic E-state index is 12.7. The summed E-state index contributed by atoms with van der Waals surface area (Å²) in [6.07, 6.45) is 0.906. The standard InChI is InChI=1S/C36H40ClN5O4S/c1-20-16-27-33(30(21-6-9-24(37)10-7-21)29(20)32(35(43)44)46-36(2,3)4)47-34(38-27)23-8-11-28-26(17-23)31(39-40(28)5)22-12-14-41(15-13-22)25-18-42(45)19-25/h6-11,16-17,22,25,32,45H,12-15,18-19H2,1-5H3,(H,43,44)/t32-/m0/s1. The van der Waals surface area contributed by atoms with Crippen molar-refractivity contribution in [3.8, 4) is 21.7 Å². The van der Waals surface area contributed by atoms with E-state index in [-0.39, 0.29) is 0 Å². The Morgan fingerprint density at radius 2 is 1.74 bits per heavy atom. The molecule has 1 atom stereocenters. The highest BCUT2D eigenvalue weighted by molar-refractivity contribution is 7.22. The van der Waals surface area contributed by atoms with Gasteiger partial charge in [0.1, 0.15) is 5.01 Å². The van der Waals surface area contributed by atoms with E-state index >= 15 is 0 Å². The summed E-state index contributed by atoms with van der Waals surface area (Å²) in [5, 5.41) is 29.0. The van der Waals surface area contributed by atoms with Crippen LogP contribution in [0, 0.1) is 6.92 Å². The second-order valence-corrected chi connectivity index (χ2v) is 15.3. The summed E-state index contributed by atoms with van der Waals surface area (Å²) < 4.78 is 9.06. The lowest BCUT2D eigenvalue weighted by Crippen LogP contribution is -2.59. The van der Waals surface area contributed by atoms with Crippen LogP contribution in [0.2, 0.25) is 5.02 Å². The molecule has 2 fully saturated rings. The minimum absolute atomic E-state index is 0.364. The maximum absolute atomic E-state index is 12.7. The van der Waals surface area contributed by atoms with Crippen LogP contribution in [0.3, 0.4) is 0 Å². The van der Waals surface area contributed by atoms with Crippen molar-refractivity contribution in [3.63, 3.8) is 0 Å². The Hall–Kier alpha value is -3.38. The normalized spacial score (nSPS) is 17.9. The highest BCUT2D eigenvalue weighted by atomic mass is 35.5. The van der Waals surface area contributed by atoms with Gasteiger partial charge in [-0.3, -0.25) is 9.58 Å². The summed E-state index contributed by atoms with van der Waals surface area (Å²) in [5.41, 5.74) is 6.47. The van der Waals surface area contributed by atoms with E-state index in [1.165, 1.54) is 5.06 Å². The third-order valence-corrected chi connectivity index (χ3v) is 10.8. The molecule has 2 N–H and O–H groups in total. The molecule has 47 heavy (non-hydrogen) atoms. The van der Waals surface area contributed by atoms with E-state index in [4.69, 9.17) is 26.4 Å². The summed E-state index contributed by atoms with van der Waals surface area (Å²) >= 11 is 7.84. The van der Waals surface area contributed by atoms with Gasteiger partial charge in [-0.1, -0.05) is 23.7 Å². The van der Waals surface area contributed by atoms with Gasteiger partial charge in [0.05, 0.1) is 27.0 Å².